The Morgan fingerprint density at radius 1 is 1.40 bits per heavy atom. The predicted molar refractivity (Wildman–Crippen MR) is 72.6 cm³/mol. The average Bonchev–Trinajstić information content (AvgIpc) is 2.25. The summed E-state index contributed by atoms with van der Waals surface area (Å²) in [6, 6.07) is 3.27. The van der Waals surface area contributed by atoms with Crippen molar-refractivity contribution in [3.8, 4) is 0 Å². The van der Waals surface area contributed by atoms with E-state index in [2.05, 4.69) is 16.9 Å². The maximum atomic E-state index is 12.8. The van der Waals surface area contributed by atoms with Gasteiger partial charge in [-0.15, -0.1) is 0 Å². The summed E-state index contributed by atoms with van der Waals surface area (Å²) in [6.45, 7) is 1.47. The quantitative estimate of drug-likeness (QED) is 0.812. The van der Waals surface area contributed by atoms with E-state index in [1.807, 2.05) is 0 Å². The molecule has 0 fully saturated rings. The maximum Gasteiger partial charge on any atom is 0.417 e. The van der Waals surface area contributed by atoms with E-state index in [1.54, 1.807) is 0 Å². The lowest BCUT2D eigenvalue weighted by Gasteiger charge is -2.17. The summed E-state index contributed by atoms with van der Waals surface area (Å²) in [4.78, 5) is -0.744. The van der Waals surface area contributed by atoms with E-state index in [1.165, 1.54) is 13.0 Å². The van der Waals surface area contributed by atoms with E-state index in [-0.39, 0.29) is 11.4 Å². The molecule has 0 amide bonds. The van der Waals surface area contributed by atoms with Crippen LogP contribution in [0.15, 0.2) is 29.2 Å². The highest BCUT2D eigenvalue weighted by Crippen LogP contribution is 2.33. The summed E-state index contributed by atoms with van der Waals surface area (Å²) in [5.41, 5.74) is 4.05. The molecule has 0 spiro atoms. The summed E-state index contributed by atoms with van der Waals surface area (Å²) in [6.07, 6.45) is -4.69. The van der Waals surface area contributed by atoms with Gasteiger partial charge in [-0.25, -0.2) is 13.1 Å². The molecule has 0 aliphatic rings. The average molecular weight is 326 g/mol. The minimum Gasteiger partial charge on any atom is -0.393 e. The molecular weight excluding hydrogens is 313 g/mol. The normalized spacial score (nSPS) is 14.0. The van der Waals surface area contributed by atoms with Gasteiger partial charge in [-0.1, -0.05) is 24.4 Å². The number of nitrogens with one attached hydrogen (secondary N) is 1. The van der Waals surface area contributed by atoms with Crippen LogP contribution in [0.4, 0.5) is 13.2 Å². The molecule has 1 aromatic carbocycles. The molecule has 0 saturated heterocycles. The summed E-state index contributed by atoms with van der Waals surface area (Å²) in [5, 5.41) is 0. The van der Waals surface area contributed by atoms with Gasteiger partial charge in [-0.05, 0) is 19.1 Å². The first-order valence-corrected chi connectivity index (χ1v) is 7.40. The molecule has 1 atom stereocenters. The molecule has 1 aromatic rings. The summed E-state index contributed by atoms with van der Waals surface area (Å²) in [5.74, 6) is 0. The molecule has 4 nitrogen and oxygen atoms in total. The van der Waals surface area contributed by atoms with Gasteiger partial charge in [-0.2, -0.15) is 13.2 Å². The predicted octanol–water partition coefficient (Wildman–Crippen LogP) is 2.05. The van der Waals surface area contributed by atoms with Gasteiger partial charge in [0.05, 0.1) is 15.4 Å². The molecule has 0 aliphatic heterocycles. The zero-order valence-electron chi connectivity index (χ0n) is 10.4. The molecule has 112 valence electrons. The molecule has 0 radical (unpaired) electrons. The maximum absolute atomic E-state index is 12.8. The number of hydrogen-bond acceptors (Lipinski definition) is 3. The highest BCUT2D eigenvalue weighted by Gasteiger charge is 2.37. The van der Waals surface area contributed by atoms with E-state index < -0.39 is 32.7 Å². The van der Waals surface area contributed by atoms with Crippen LogP contribution in [0.1, 0.15) is 18.9 Å². The number of halogens is 3. The molecule has 0 heterocycles. The van der Waals surface area contributed by atoms with Crippen LogP contribution in [-0.2, 0) is 16.2 Å². The summed E-state index contributed by atoms with van der Waals surface area (Å²) < 4.78 is 64.5. The van der Waals surface area contributed by atoms with Crippen molar-refractivity contribution in [2.45, 2.75) is 30.5 Å². The lowest BCUT2D eigenvalue weighted by Crippen LogP contribution is -2.36. The third-order valence-electron chi connectivity index (χ3n) is 2.35. The highest BCUT2D eigenvalue weighted by atomic mass is 32.2. The van der Waals surface area contributed by atoms with Crippen LogP contribution in [0.25, 0.3) is 0 Å². The third kappa shape index (κ3) is 4.43. The van der Waals surface area contributed by atoms with Crippen molar-refractivity contribution < 1.29 is 21.6 Å². The van der Waals surface area contributed by atoms with Crippen molar-refractivity contribution in [3.63, 3.8) is 0 Å². The van der Waals surface area contributed by atoms with Crippen LogP contribution >= 0.6 is 12.2 Å². The number of sulfonamides is 1. The lowest BCUT2D eigenvalue weighted by atomic mass is 10.2. The number of benzene rings is 1. The van der Waals surface area contributed by atoms with Crippen LogP contribution in [0.5, 0.6) is 0 Å². The second-order valence-electron chi connectivity index (χ2n) is 4.19. The van der Waals surface area contributed by atoms with Crippen LogP contribution in [0.3, 0.4) is 0 Å². The van der Waals surface area contributed by atoms with Gasteiger partial charge >= 0.3 is 6.18 Å². The topological polar surface area (TPSA) is 72.2 Å². The van der Waals surface area contributed by atoms with Crippen LogP contribution in [0.2, 0.25) is 0 Å². The Balaban J connectivity index is 3.14. The second-order valence-corrected chi connectivity index (χ2v) is 6.39. The van der Waals surface area contributed by atoms with Gasteiger partial charge in [-0.3, -0.25) is 0 Å². The van der Waals surface area contributed by atoms with Crippen molar-refractivity contribution in [2.75, 3.05) is 0 Å². The molecular formula is C11H13F3N2O2S2. The minimum absolute atomic E-state index is 0.0583. The first kappa shape index (κ1) is 16.9. The molecule has 0 bridgehead atoms. The molecule has 3 N–H and O–H groups in total. The standard InChI is InChI=1S/C11H13F3N2O2S2/c1-7(6-10(15)19)16-20(17,18)9-5-3-2-4-8(9)11(12,13)14/h2-5,7,16H,6H2,1H3,(H2,15,19). The smallest absolute Gasteiger partial charge is 0.393 e. The summed E-state index contributed by atoms with van der Waals surface area (Å²) >= 11 is 4.63. The Labute approximate surface area is 120 Å². The number of thiocarbonyl (C=S) groups is 1. The Morgan fingerprint density at radius 3 is 2.45 bits per heavy atom. The zero-order chi connectivity index (χ0) is 15.6. The van der Waals surface area contributed by atoms with Gasteiger partial charge in [0.2, 0.25) is 10.0 Å². The Hall–Kier alpha value is -1.19. The van der Waals surface area contributed by atoms with Crippen molar-refractivity contribution in [3.05, 3.63) is 29.8 Å². The van der Waals surface area contributed by atoms with E-state index in [9.17, 15) is 21.6 Å². The SMILES string of the molecule is CC(CC(N)=S)NS(=O)(=O)c1ccccc1C(F)(F)F. The van der Waals surface area contributed by atoms with E-state index in [0.29, 0.717) is 6.07 Å². The number of hydrogen-bond donors (Lipinski definition) is 2. The highest BCUT2D eigenvalue weighted by molar-refractivity contribution is 7.89. The largest absolute Gasteiger partial charge is 0.417 e. The van der Waals surface area contributed by atoms with Crippen LogP contribution < -0.4 is 10.5 Å². The third-order valence-corrected chi connectivity index (χ3v) is 4.16. The van der Waals surface area contributed by atoms with Gasteiger partial charge < -0.3 is 5.73 Å². The summed E-state index contributed by atoms with van der Waals surface area (Å²) in [7, 11) is -4.30. The van der Waals surface area contributed by atoms with Crippen molar-refractivity contribution in [2.24, 2.45) is 5.73 Å². The zero-order valence-corrected chi connectivity index (χ0v) is 12.1. The Bertz CT molecular complexity index is 600. The van der Waals surface area contributed by atoms with E-state index in [4.69, 9.17) is 5.73 Å². The molecule has 0 saturated carbocycles. The second kappa shape index (κ2) is 6.06. The number of rotatable bonds is 5. The molecule has 20 heavy (non-hydrogen) atoms. The molecule has 0 aromatic heterocycles. The van der Waals surface area contributed by atoms with Crippen LogP contribution in [-0.4, -0.2) is 19.4 Å². The fourth-order valence-corrected chi connectivity index (χ4v) is 3.33. The van der Waals surface area contributed by atoms with E-state index >= 15 is 0 Å². The van der Waals surface area contributed by atoms with Crippen molar-refractivity contribution >= 4 is 27.2 Å². The molecule has 0 aliphatic carbocycles. The molecule has 1 rings (SSSR count). The fraction of sp³-hybridized carbons (Fsp3) is 0.364. The minimum atomic E-state index is -4.75. The van der Waals surface area contributed by atoms with Crippen LogP contribution in [0, 0.1) is 0 Å². The molecule has 1 unspecified atom stereocenters. The van der Waals surface area contributed by atoms with Gasteiger partial charge in [0.1, 0.15) is 0 Å². The van der Waals surface area contributed by atoms with Gasteiger partial charge in [0.15, 0.2) is 0 Å². The van der Waals surface area contributed by atoms with Crippen molar-refractivity contribution in [1.29, 1.82) is 0 Å². The first-order chi connectivity index (χ1) is 9.04. The fourth-order valence-electron chi connectivity index (χ4n) is 1.61. The first-order valence-electron chi connectivity index (χ1n) is 5.51. The van der Waals surface area contributed by atoms with Gasteiger partial charge in [0.25, 0.3) is 0 Å². The Kier molecular flexibility index (Phi) is 5.11. The number of alkyl halides is 3. The van der Waals surface area contributed by atoms with Gasteiger partial charge in [0, 0.05) is 12.5 Å². The monoisotopic (exact) mass is 326 g/mol. The lowest BCUT2D eigenvalue weighted by molar-refractivity contribution is -0.139. The van der Waals surface area contributed by atoms with Crippen molar-refractivity contribution in [1.82, 2.24) is 4.72 Å². The van der Waals surface area contributed by atoms with E-state index in [0.717, 1.165) is 12.1 Å². The molecule has 9 heteroatoms. The Morgan fingerprint density at radius 2 is 1.95 bits per heavy atom. The number of nitrogens with two attached hydrogens (primary N) is 1.